The molecule has 0 amide bonds. The van der Waals surface area contributed by atoms with Crippen molar-refractivity contribution in [2.75, 3.05) is 0 Å². The van der Waals surface area contributed by atoms with E-state index in [9.17, 15) is 0 Å². The number of pyridine rings is 1. The molecule has 0 N–H and O–H groups in total. The molecule has 88 valence electrons. The van der Waals surface area contributed by atoms with Crippen LogP contribution in [0.2, 0.25) is 5.02 Å². The molecule has 0 bridgehead atoms. The van der Waals surface area contributed by atoms with Crippen LogP contribution in [0.4, 0.5) is 0 Å². The lowest BCUT2D eigenvalue weighted by Gasteiger charge is -2.07. The summed E-state index contributed by atoms with van der Waals surface area (Å²) in [5.41, 5.74) is 2.10. The molecule has 0 unspecified atom stereocenters. The third kappa shape index (κ3) is 3.46. The molecule has 0 saturated heterocycles. The van der Waals surface area contributed by atoms with E-state index in [4.69, 9.17) is 16.3 Å². The number of aryl methyl sites for hydroxylation is 1. The Hall–Kier alpha value is -1.54. The van der Waals surface area contributed by atoms with Crippen LogP contribution < -0.4 is 4.74 Å². The van der Waals surface area contributed by atoms with Gasteiger partial charge in [0.1, 0.15) is 12.4 Å². The molecule has 2 rings (SSSR count). The van der Waals surface area contributed by atoms with Gasteiger partial charge < -0.3 is 4.74 Å². The molecular weight excluding hydrogens is 234 g/mol. The number of rotatable bonds is 4. The number of ether oxygens (including phenoxy) is 1. The molecule has 0 aliphatic rings. The number of hydrogen-bond donors (Lipinski definition) is 0. The molecular formula is C14H14ClNO. The Kier molecular flexibility index (Phi) is 3.99. The highest BCUT2D eigenvalue weighted by molar-refractivity contribution is 6.30. The monoisotopic (exact) mass is 247 g/mol. The van der Waals surface area contributed by atoms with Crippen molar-refractivity contribution < 1.29 is 4.74 Å². The predicted molar refractivity (Wildman–Crippen MR) is 69.4 cm³/mol. The first-order chi connectivity index (χ1) is 8.28. The highest BCUT2D eigenvalue weighted by Gasteiger charge is 1.99. The summed E-state index contributed by atoms with van der Waals surface area (Å²) in [6, 6.07) is 11.6. The summed E-state index contributed by atoms with van der Waals surface area (Å²) in [6.07, 6.45) is 2.69. The van der Waals surface area contributed by atoms with E-state index in [1.807, 2.05) is 24.3 Å². The molecule has 0 atom stereocenters. The van der Waals surface area contributed by atoms with Gasteiger partial charge in [0, 0.05) is 11.2 Å². The highest BCUT2D eigenvalue weighted by atomic mass is 35.5. The Labute approximate surface area is 106 Å². The molecule has 0 aliphatic heterocycles. The fourth-order valence-electron chi connectivity index (χ4n) is 1.54. The first-order valence-corrected chi connectivity index (χ1v) is 5.98. The average molecular weight is 248 g/mol. The van der Waals surface area contributed by atoms with Crippen molar-refractivity contribution >= 4 is 11.6 Å². The molecule has 1 heterocycles. The van der Waals surface area contributed by atoms with Gasteiger partial charge in [0.05, 0.1) is 5.69 Å². The van der Waals surface area contributed by atoms with Crippen LogP contribution in [-0.4, -0.2) is 4.98 Å². The normalized spacial score (nSPS) is 10.2. The molecule has 0 spiro atoms. The van der Waals surface area contributed by atoms with Gasteiger partial charge >= 0.3 is 0 Å². The third-order valence-corrected chi connectivity index (χ3v) is 2.71. The van der Waals surface area contributed by atoms with E-state index in [0.29, 0.717) is 11.6 Å². The predicted octanol–water partition coefficient (Wildman–Crippen LogP) is 3.88. The van der Waals surface area contributed by atoms with Crippen LogP contribution in [0.25, 0.3) is 0 Å². The second-order valence-corrected chi connectivity index (χ2v) is 4.19. The molecule has 0 radical (unpaired) electrons. The number of hydrogen-bond acceptors (Lipinski definition) is 2. The van der Waals surface area contributed by atoms with E-state index in [0.717, 1.165) is 17.9 Å². The fraction of sp³-hybridized carbons (Fsp3) is 0.214. The Morgan fingerprint density at radius 3 is 2.88 bits per heavy atom. The minimum absolute atomic E-state index is 0.438. The van der Waals surface area contributed by atoms with Crippen LogP contribution in [0.15, 0.2) is 42.6 Å². The lowest BCUT2D eigenvalue weighted by molar-refractivity contribution is 0.301. The quantitative estimate of drug-likeness (QED) is 0.818. The second-order valence-electron chi connectivity index (χ2n) is 3.76. The third-order valence-electron chi connectivity index (χ3n) is 2.47. The van der Waals surface area contributed by atoms with Crippen LogP contribution in [0.5, 0.6) is 5.75 Å². The maximum atomic E-state index is 5.88. The van der Waals surface area contributed by atoms with E-state index in [2.05, 4.69) is 18.0 Å². The molecule has 0 saturated carbocycles. The lowest BCUT2D eigenvalue weighted by atomic mass is 10.2. The highest BCUT2D eigenvalue weighted by Crippen LogP contribution is 2.16. The topological polar surface area (TPSA) is 22.1 Å². The molecule has 2 aromatic rings. The standard InChI is InChI=1S/C14H14ClNO/c1-2-11-4-3-5-14(8-11)17-10-13-9-12(15)6-7-16-13/h3-9H,2,10H2,1H3. The summed E-state index contributed by atoms with van der Waals surface area (Å²) < 4.78 is 5.67. The first kappa shape index (κ1) is 11.9. The van der Waals surface area contributed by atoms with Crippen molar-refractivity contribution in [3.63, 3.8) is 0 Å². The van der Waals surface area contributed by atoms with Crippen molar-refractivity contribution in [3.8, 4) is 5.75 Å². The zero-order valence-electron chi connectivity index (χ0n) is 9.69. The van der Waals surface area contributed by atoms with Crippen LogP contribution in [0, 0.1) is 0 Å². The molecule has 1 aromatic carbocycles. The maximum absolute atomic E-state index is 5.88. The summed E-state index contributed by atoms with van der Waals surface area (Å²) >= 11 is 5.88. The fourth-order valence-corrected chi connectivity index (χ4v) is 1.72. The summed E-state index contributed by atoms with van der Waals surface area (Å²) in [5, 5.41) is 0.681. The van der Waals surface area contributed by atoms with E-state index in [1.54, 1.807) is 12.3 Å². The molecule has 2 nitrogen and oxygen atoms in total. The van der Waals surface area contributed by atoms with Gasteiger partial charge in [-0.1, -0.05) is 30.7 Å². The average Bonchev–Trinajstić information content (AvgIpc) is 2.37. The van der Waals surface area contributed by atoms with Gasteiger partial charge in [-0.25, -0.2) is 0 Å². The maximum Gasteiger partial charge on any atom is 0.130 e. The summed E-state index contributed by atoms with van der Waals surface area (Å²) in [7, 11) is 0. The largest absolute Gasteiger partial charge is 0.487 e. The summed E-state index contributed by atoms with van der Waals surface area (Å²) in [4.78, 5) is 4.19. The Balaban J connectivity index is 2.02. The number of nitrogens with zero attached hydrogens (tertiary/aromatic N) is 1. The van der Waals surface area contributed by atoms with Crippen molar-refractivity contribution in [1.82, 2.24) is 4.98 Å². The van der Waals surface area contributed by atoms with Gasteiger partial charge in [-0.15, -0.1) is 0 Å². The Bertz CT molecular complexity index is 499. The zero-order chi connectivity index (χ0) is 12.1. The van der Waals surface area contributed by atoms with Crippen LogP contribution in [0.1, 0.15) is 18.2 Å². The molecule has 0 aliphatic carbocycles. The Morgan fingerprint density at radius 2 is 2.12 bits per heavy atom. The lowest BCUT2D eigenvalue weighted by Crippen LogP contribution is -1.98. The van der Waals surface area contributed by atoms with Crippen LogP contribution in [-0.2, 0) is 13.0 Å². The molecule has 0 fully saturated rings. The van der Waals surface area contributed by atoms with Gasteiger partial charge in [-0.2, -0.15) is 0 Å². The number of aromatic nitrogens is 1. The SMILES string of the molecule is CCc1cccc(OCc2cc(Cl)ccn2)c1. The van der Waals surface area contributed by atoms with E-state index in [-0.39, 0.29) is 0 Å². The van der Waals surface area contributed by atoms with Crippen molar-refractivity contribution in [2.45, 2.75) is 20.0 Å². The van der Waals surface area contributed by atoms with Crippen LogP contribution >= 0.6 is 11.6 Å². The molecule has 3 heteroatoms. The number of benzene rings is 1. The minimum atomic E-state index is 0.438. The van der Waals surface area contributed by atoms with E-state index in [1.165, 1.54) is 5.56 Å². The summed E-state index contributed by atoms with van der Waals surface area (Å²) in [5.74, 6) is 0.867. The van der Waals surface area contributed by atoms with E-state index < -0.39 is 0 Å². The van der Waals surface area contributed by atoms with Gasteiger partial charge in [-0.3, -0.25) is 4.98 Å². The van der Waals surface area contributed by atoms with Crippen molar-refractivity contribution in [1.29, 1.82) is 0 Å². The summed E-state index contributed by atoms with van der Waals surface area (Å²) in [6.45, 7) is 2.56. The first-order valence-electron chi connectivity index (χ1n) is 5.60. The van der Waals surface area contributed by atoms with Gasteiger partial charge in [-0.05, 0) is 36.2 Å². The molecule has 1 aromatic heterocycles. The van der Waals surface area contributed by atoms with Gasteiger partial charge in [0.15, 0.2) is 0 Å². The van der Waals surface area contributed by atoms with Crippen molar-refractivity contribution in [2.24, 2.45) is 0 Å². The molecule has 17 heavy (non-hydrogen) atoms. The minimum Gasteiger partial charge on any atom is -0.487 e. The second kappa shape index (κ2) is 5.69. The number of halogens is 1. The Morgan fingerprint density at radius 1 is 1.24 bits per heavy atom. The van der Waals surface area contributed by atoms with Gasteiger partial charge in [0.25, 0.3) is 0 Å². The zero-order valence-corrected chi connectivity index (χ0v) is 10.4. The smallest absolute Gasteiger partial charge is 0.130 e. The van der Waals surface area contributed by atoms with Gasteiger partial charge in [0.2, 0.25) is 0 Å². The van der Waals surface area contributed by atoms with Crippen LogP contribution in [0.3, 0.4) is 0 Å². The van der Waals surface area contributed by atoms with E-state index >= 15 is 0 Å². The van der Waals surface area contributed by atoms with Crippen molar-refractivity contribution in [3.05, 3.63) is 58.9 Å².